The molecule has 1 aromatic rings. The fraction of sp³-hybridized carbons (Fsp3) is 0.200. The first kappa shape index (κ1) is 13.9. The summed E-state index contributed by atoms with van der Waals surface area (Å²) in [6.45, 7) is -0.834. The van der Waals surface area contributed by atoms with E-state index in [1.807, 2.05) is 0 Å². The Kier molecular flexibility index (Phi) is 5.06. The molecule has 0 aliphatic carbocycles. The summed E-state index contributed by atoms with van der Waals surface area (Å²) >= 11 is 5.69. The molecule has 0 unspecified atom stereocenters. The van der Waals surface area contributed by atoms with E-state index in [1.54, 1.807) is 0 Å². The van der Waals surface area contributed by atoms with Gasteiger partial charge in [-0.15, -0.1) is 0 Å². The molecule has 0 fully saturated rings. The molecule has 0 aromatic carbocycles. The summed E-state index contributed by atoms with van der Waals surface area (Å²) in [5, 5.41) is 12.8. The van der Waals surface area contributed by atoms with Crippen molar-refractivity contribution in [2.24, 2.45) is 0 Å². The number of pyridine rings is 1. The van der Waals surface area contributed by atoms with Crippen LogP contribution in [0.4, 0.5) is 0 Å². The predicted octanol–water partition coefficient (Wildman–Crippen LogP) is -0.334. The molecule has 0 aliphatic rings. The number of carboxylic acids is 1. The Bertz CT molecular complexity index is 478. The number of carboxylic acid groups (broad SMARTS) is 1. The van der Waals surface area contributed by atoms with Crippen LogP contribution in [0.2, 0.25) is 5.15 Å². The Labute approximate surface area is 107 Å². The van der Waals surface area contributed by atoms with Crippen LogP contribution in [0, 0.1) is 0 Å². The highest BCUT2D eigenvalue weighted by Crippen LogP contribution is 2.10. The average Bonchev–Trinajstić information content (AvgIpc) is 2.34. The first-order chi connectivity index (χ1) is 8.50. The molecule has 0 saturated carbocycles. The molecule has 0 aliphatic heterocycles. The van der Waals surface area contributed by atoms with Gasteiger partial charge in [0.15, 0.2) is 0 Å². The molecule has 18 heavy (non-hydrogen) atoms. The first-order valence-electron chi connectivity index (χ1n) is 4.88. The Hall–Kier alpha value is -2.15. The fourth-order valence-electron chi connectivity index (χ4n) is 1.05. The highest BCUT2D eigenvalue weighted by Gasteiger charge is 2.12. The lowest BCUT2D eigenvalue weighted by Crippen LogP contribution is -2.39. The second kappa shape index (κ2) is 6.55. The summed E-state index contributed by atoms with van der Waals surface area (Å²) in [5.74, 6) is -2.32. The van der Waals surface area contributed by atoms with Gasteiger partial charge in [-0.05, 0) is 12.1 Å². The van der Waals surface area contributed by atoms with E-state index in [1.165, 1.54) is 18.3 Å². The van der Waals surface area contributed by atoms with Crippen LogP contribution in [-0.4, -0.2) is 41.0 Å². The number of carbonyl (C=O) groups excluding carboxylic acids is 2. The number of rotatable bonds is 5. The van der Waals surface area contributed by atoms with Gasteiger partial charge in [-0.3, -0.25) is 14.4 Å². The molecule has 8 heteroatoms. The van der Waals surface area contributed by atoms with Gasteiger partial charge in [0, 0.05) is 6.20 Å². The monoisotopic (exact) mass is 271 g/mol. The fourth-order valence-corrected chi connectivity index (χ4v) is 1.25. The van der Waals surface area contributed by atoms with Crippen molar-refractivity contribution in [3.63, 3.8) is 0 Å². The van der Waals surface area contributed by atoms with Crippen LogP contribution < -0.4 is 10.6 Å². The minimum absolute atomic E-state index is 0.0287. The van der Waals surface area contributed by atoms with Crippen molar-refractivity contribution in [2.45, 2.75) is 0 Å². The maximum Gasteiger partial charge on any atom is 0.322 e. The summed E-state index contributed by atoms with van der Waals surface area (Å²) < 4.78 is 0. The maximum absolute atomic E-state index is 11.6. The first-order valence-corrected chi connectivity index (χ1v) is 5.25. The van der Waals surface area contributed by atoms with Crippen molar-refractivity contribution in [1.29, 1.82) is 0 Å². The molecule has 0 atom stereocenters. The summed E-state index contributed by atoms with van der Waals surface area (Å²) in [5.41, 5.74) is 0.144. The van der Waals surface area contributed by atoms with Crippen LogP contribution in [-0.2, 0) is 9.59 Å². The summed E-state index contributed by atoms with van der Waals surface area (Å²) in [6.07, 6.45) is 1.43. The van der Waals surface area contributed by atoms with Crippen molar-refractivity contribution in [3.05, 3.63) is 29.0 Å². The van der Waals surface area contributed by atoms with Crippen LogP contribution in [0.15, 0.2) is 18.3 Å². The normalized spacial score (nSPS) is 9.61. The molecule has 2 amide bonds. The zero-order chi connectivity index (χ0) is 13.5. The van der Waals surface area contributed by atoms with Crippen molar-refractivity contribution in [2.75, 3.05) is 13.1 Å². The molecule has 1 heterocycles. The molecule has 0 saturated heterocycles. The molecule has 1 rings (SSSR count). The lowest BCUT2D eigenvalue weighted by Gasteiger charge is -2.06. The zero-order valence-electron chi connectivity index (χ0n) is 9.14. The molecule has 0 spiro atoms. The van der Waals surface area contributed by atoms with Crippen molar-refractivity contribution < 1.29 is 19.5 Å². The number of nitrogens with zero attached hydrogens (tertiary/aromatic N) is 1. The zero-order valence-corrected chi connectivity index (χ0v) is 9.90. The van der Waals surface area contributed by atoms with Gasteiger partial charge in [0.2, 0.25) is 5.91 Å². The van der Waals surface area contributed by atoms with Crippen LogP contribution in [0.25, 0.3) is 0 Å². The van der Waals surface area contributed by atoms with E-state index in [-0.39, 0.29) is 17.3 Å². The Morgan fingerprint density at radius 1 is 1.28 bits per heavy atom. The number of aromatic nitrogens is 1. The lowest BCUT2D eigenvalue weighted by molar-refractivity contribution is -0.137. The van der Waals surface area contributed by atoms with E-state index < -0.39 is 24.3 Å². The van der Waals surface area contributed by atoms with E-state index in [4.69, 9.17) is 16.7 Å². The minimum Gasteiger partial charge on any atom is -0.480 e. The second-order valence-electron chi connectivity index (χ2n) is 3.19. The summed E-state index contributed by atoms with van der Waals surface area (Å²) in [4.78, 5) is 36.6. The number of halogens is 1. The summed E-state index contributed by atoms with van der Waals surface area (Å²) in [6, 6.07) is 2.99. The number of hydrogen-bond donors (Lipinski definition) is 3. The van der Waals surface area contributed by atoms with E-state index in [9.17, 15) is 14.4 Å². The number of nitrogens with one attached hydrogen (secondary N) is 2. The molecule has 0 radical (unpaired) electrons. The van der Waals surface area contributed by atoms with Crippen molar-refractivity contribution >= 4 is 29.4 Å². The molecule has 7 nitrogen and oxygen atoms in total. The second-order valence-corrected chi connectivity index (χ2v) is 3.55. The van der Waals surface area contributed by atoms with E-state index in [0.717, 1.165) is 0 Å². The minimum atomic E-state index is -1.16. The number of carbonyl (C=O) groups is 3. The van der Waals surface area contributed by atoms with Crippen LogP contribution in [0.5, 0.6) is 0 Å². The smallest absolute Gasteiger partial charge is 0.322 e. The third-order valence-corrected chi connectivity index (χ3v) is 2.15. The number of aliphatic carboxylic acids is 1. The number of hydrogen-bond acceptors (Lipinski definition) is 4. The van der Waals surface area contributed by atoms with Gasteiger partial charge in [-0.25, -0.2) is 4.98 Å². The predicted molar refractivity (Wildman–Crippen MR) is 62.2 cm³/mol. The van der Waals surface area contributed by atoms with E-state index >= 15 is 0 Å². The van der Waals surface area contributed by atoms with Gasteiger partial charge in [0.25, 0.3) is 5.91 Å². The molecule has 3 N–H and O–H groups in total. The topological polar surface area (TPSA) is 108 Å². The quantitative estimate of drug-likeness (QED) is 0.635. The molecule has 96 valence electrons. The van der Waals surface area contributed by atoms with Crippen LogP contribution >= 0.6 is 11.6 Å². The van der Waals surface area contributed by atoms with Gasteiger partial charge in [0.1, 0.15) is 11.7 Å². The Balaban J connectivity index is 2.45. The lowest BCUT2D eigenvalue weighted by atomic mass is 10.2. The van der Waals surface area contributed by atoms with Crippen molar-refractivity contribution in [1.82, 2.24) is 15.6 Å². The highest BCUT2D eigenvalue weighted by atomic mass is 35.5. The largest absolute Gasteiger partial charge is 0.480 e. The standard InChI is InChI=1S/C10H10ClN3O4/c11-9-6(2-1-3-12-9)10(18)14-4-7(15)13-5-8(16)17/h1-3H,4-5H2,(H,13,15)(H,14,18)(H,16,17). The Morgan fingerprint density at radius 2 is 2.00 bits per heavy atom. The average molecular weight is 272 g/mol. The van der Waals surface area contributed by atoms with Crippen LogP contribution in [0.1, 0.15) is 10.4 Å². The van der Waals surface area contributed by atoms with Crippen LogP contribution in [0.3, 0.4) is 0 Å². The molecular formula is C10H10ClN3O4. The van der Waals surface area contributed by atoms with Gasteiger partial charge in [0.05, 0.1) is 12.1 Å². The van der Waals surface area contributed by atoms with Crippen molar-refractivity contribution in [3.8, 4) is 0 Å². The third-order valence-electron chi connectivity index (χ3n) is 1.85. The Morgan fingerprint density at radius 3 is 2.61 bits per heavy atom. The maximum atomic E-state index is 11.6. The third kappa shape index (κ3) is 4.38. The highest BCUT2D eigenvalue weighted by molar-refractivity contribution is 6.32. The molecule has 1 aromatic heterocycles. The van der Waals surface area contributed by atoms with Gasteiger partial charge < -0.3 is 15.7 Å². The van der Waals surface area contributed by atoms with E-state index in [0.29, 0.717) is 0 Å². The SMILES string of the molecule is O=C(O)CNC(=O)CNC(=O)c1cccnc1Cl. The van der Waals surface area contributed by atoms with E-state index in [2.05, 4.69) is 15.6 Å². The van der Waals surface area contributed by atoms with Gasteiger partial charge in [-0.2, -0.15) is 0 Å². The molecule has 0 bridgehead atoms. The van der Waals surface area contributed by atoms with Gasteiger partial charge in [-0.1, -0.05) is 11.6 Å². The summed E-state index contributed by atoms with van der Waals surface area (Å²) in [7, 11) is 0. The molecular weight excluding hydrogens is 262 g/mol. The number of amides is 2. The van der Waals surface area contributed by atoms with Gasteiger partial charge >= 0.3 is 5.97 Å².